The van der Waals surface area contributed by atoms with Gasteiger partial charge in [-0.1, -0.05) is 0 Å². The molecule has 1 amide bonds. The van der Waals surface area contributed by atoms with Crippen molar-refractivity contribution in [2.45, 2.75) is 6.18 Å². The largest absolute Gasteiger partial charge is 0.463 e. The zero-order valence-corrected chi connectivity index (χ0v) is 14.2. The number of aromatic nitrogens is 3. The number of fused-ring (bicyclic) bond motifs is 1. The number of halogens is 3. The Kier molecular flexibility index (Phi) is 4.14. The van der Waals surface area contributed by atoms with E-state index in [1.807, 2.05) is 0 Å². The summed E-state index contributed by atoms with van der Waals surface area (Å²) in [7, 11) is 0. The number of alkyl halides is 3. The van der Waals surface area contributed by atoms with Crippen molar-refractivity contribution in [3.05, 3.63) is 41.9 Å². The molecule has 0 spiro atoms. The van der Waals surface area contributed by atoms with Gasteiger partial charge in [-0.2, -0.15) is 30.0 Å². The van der Waals surface area contributed by atoms with Gasteiger partial charge in [0.15, 0.2) is 17.1 Å². The van der Waals surface area contributed by atoms with Crippen molar-refractivity contribution in [2.75, 3.05) is 24.6 Å². The molecule has 0 bridgehead atoms. The van der Waals surface area contributed by atoms with Gasteiger partial charge in [-0.3, -0.25) is 4.79 Å². The number of carbonyl (C=O) groups excluding carboxylic acids is 1. The molecule has 10 heteroatoms. The second-order valence-corrected chi connectivity index (χ2v) is 6.92. The third-order valence-corrected chi connectivity index (χ3v) is 5.01. The molecule has 0 radical (unpaired) electrons. The minimum atomic E-state index is -4.66. The van der Waals surface area contributed by atoms with Crippen LogP contribution in [0.1, 0.15) is 16.1 Å². The number of carbonyl (C=O) groups is 1. The third kappa shape index (κ3) is 2.94. The SMILES string of the molecule is O=C(c1cnn2c(C(F)(F)F)cc(-c3ccco3)nc12)N1CCSCC1. The minimum Gasteiger partial charge on any atom is -0.463 e. The van der Waals surface area contributed by atoms with Gasteiger partial charge in [0.25, 0.3) is 5.91 Å². The van der Waals surface area contributed by atoms with Crippen LogP contribution in [0.15, 0.2) is 35.1 Å². The van der Waals surface area contributed by atoms with Crippen molar-refractivity contribution in [1.29, 1.82) is 0 Å². The summed E-state index contributed by atoms with van der Waals surface area (Å²) in [6.45, 7) is 1.09. The van der Waals surface area contributed by atoms with E-state index >= 15 is 0 Å². The van der Waals surface area contributed by atoms with E-state index in [0.717, 1.165) is 23.8 Å². The van der Waals surface area contributed by atoms with Crippen molar-refractivity contribution in [1.82, 2.24) is 19.5 Å². The van der Waals surface area contributed by atoms with Crippen LogP contribution in [0, 0.1) is 0 Å². The van der Waals surface area contributed by atoms with E-state index in [9.17, 15) is 18.0 Å². The normalized spacial score (nSPS) is 15.6. The smallest absolute Gasteiger partial charge is 0.433 e. The van der Waals surface area contributed by atoms with Gasteiger partial charge >= 0.3 is 6.18 Å². The van der Waals surface area contributed by atoms with Crippen LogP contribution < -0.4 is 0 Å². The summed E-state index contributed by atoms with van der Waals surface area (Å²) < 4.78 is 46.3. The molecular weight excluding hydrogens is 369 g/mol. The van der Waals surface area contributed by atoms with Gasteiger partial charge in [0, 0.05) is 24.6 Å². The first-order valence-corrected chi connectivity index (χ1v) is 8.97. The Labute approximate surface area is 150 Å². The standard InChI is InChI=1S/C16H13F3N4O2S/c17-16(18,19)13-8-11(12-2-1-5-25-12)21-14-10(9-20-23(13)14)15(24)22-3-6-26-7-4-22/h1-2,5,8-9H,3-4,6-7H2. The lowest BCUT2D eigenvalue weighted by Gasteiger charge is -2.25. The fourth-order valence-electron chi connectivity index (χ4n) is 2.80. The maximum atomic E-state index is 13.5. The monoisotopic (exact) mass is 382 g/mol. The van der Waals surface area contributed by atoms with Crippen LogP contribution in [-0.4, -0.2) is 50.0 Å². The first-order valence-electron chi connectivity index (χ1n) is 7.82. The van der Waals surface area contributed by atoms with Crippen LogP contribution in [0.5, 0.6) is 0 Å². The van der Waals surface area contributed by atoms with Gasteiger partial charge in [-0.15, -0.1) is 0 Å². The molecule has 1 aliphatic heterocycles. The van der Waals surface area contributed by atoms with Gasteiger partial charge < -0.3 is 9.32 Å². The Morgan fingerprint density at radius 3 is 2.69 bits per heavy atom. The minimum absolute atomic E-state index is 0.00132. The molecule has 0 aromatic carbocycles. The number of amides is 1. The van der Waals surface area contributed by atoms with E-state index in [2.05, 4.69) is 10.1 Å². The highest BCUT2D eigenvalue weighted by atomic mass is 32.2. The highest BCUT2D eigenvalue weighted by Crippen LogP contribution is 2.33. The molecule has 4 heterocycles. The Bertz CT molecular complexity index is 946. The first kappa shape index (κ1) is 17.0. The zero-order valence-electron chi connectivity index (χ0n) is 13.4. The predicted molar refractivity (Wildman–Crippen MR) is 88.9 cm³/mol. The summed E-state index contributed by atoms with van der Waals surface area (Å²) >= 11 is 1.73. The molecule has 0 unspecified atom stereocenters. The van der Waals surface area contributed by atoms with Gasteiger partial charge in [0.1, 0.15) is 11.3 Å². The summed E-state index contributed by atoms with van der Waals surface area (Å²) in [5.74, 6) is 1.41. The number of furan rings is 1. The molecule has 0 saturated carbocycles. The summed E-state index contributed by atoms with van der Waals surface area (Å²) in [4.78, 5) is 18.6. The average Bonchev–Trinajstić information content (AvgIpc) is 3.30. The van der Waals surface area contributed by atoms with E-state index in [1.165, 1.54) is 12.3 Å². The first-order chi connectivity index (χ1) is 12.4. The Hall–Kier alpha value is -2.49. The number of rotatable bonds is 2. The van der Waals surface area contributed by atoms with Gasteiger partial charge in [0.05, 0.1) is 12.5 Å². The van der Waals surface area contributed by atoms with E-state index in [4.69, 9.17) is 4.42 Å². The summed E-state index contributed by atoms with van der Waals surface area (Å²) in [5.41, 5.74) is -1.09. The molecule has 1 fully saturated rings. The van der Waals surface area contributed by atoms with E-state index in [0.29, 0.717) is 17.6 Å². The van der Waals surface area contributed by atoms with E-state index in [1.54, 1.807) is 22.7 Å². The van der Waals surface area contributed by atoms with Crippen LogP contribution in [0.3, 0.4) is 0 Å². The fraction of sp³-hybridized carbons (Fsp3) is 0.312. The molecule has 0 N–H and O–H groups in total. The highest BCUT2D eigenvalue weighted by molar-refractivity contribution is 7.99. The lowest BCUT2D eigenvalue weighted by atomic mass is 10.2. The Morgan fingerprint density at radius 2 is 2.04 bits per heavy atom. The zero-order chi connectivity index (χ0) is 18.3. The molecule has 4 rings (SSSR count). The topological polar surface area (TPSA) is 63.6 Å². The molecule has 1 aliphatic rings. The van der Waals surface area contributed by atoms with Crippen molar-refractivity contribution in [2.24, 2.45) is 0 Å². The van der Waals surface area contributed by atoms with Crippen LogP contribution in [0.2, 0.25) is 0 Å². The second kappa shape index (κ2) is 6.35. The summed E-state index contributed by atoms with van der Waals surface area (Å²) in [6, 6.07) is 3.94. The van der Waals surface area contributed by atoms with Crippen molar-refractivity contribution in [3.63, 3.8) is 0 Å². The number of hydrogen-bond donors (Lipinski definition) is 0. The second-order valence-electron chi connectivity index (χ2n) is 5.70. The van der Waals surface area contributed by atoms with Crippen molar-refractivity contribution in [3.8, 4) is 11.5 Å². The van der Waals surface area contributed by atoms with Crippen LogP contribution in [-0.2, 0) is 6.18 Å². The lowest BCUT2D eigenvalue weighted by molar-refractivity contribution is -0.142. The quantitative estimate of drug-likeness (QED) is 0.681. The molecule has 1 saturated heterocycles. The van der Waals surface area contributed by atoms with Crippen LogP contribution >= 0.6 is 11.8 Å². The lowest BCUT2D eigenvalue weighted by Crippen LogP contribution is -2.37. The molecule has 136 valence electrons. The Morgan fingerprint density at radius 1 is 1.27 bits per heavy atom. The molecule has 0 aliphatic carbocycles. The molecule has 3 aromatic heterocycles. The fourth-order valence-corrected chi connectivity index (χ4v) is 3.71. The summed E-state index contributed by atoms with van der Waals surface area (Å²) in [6.07, 6.45) is -2.16. The van der Waals surface area contributed by atoms with Gasteiger partial charge in [0.2, 0.25) is 0 Å². The van der Waals surface area contributed by atoms with Gasteiger partial charge in [-0.25, -0.2) is 9.50 Å². The molecule has 3 aromatic rings. The van der Waals surface area contributed by atoms with Gasteiger partial charge in [-0.05, 0) is 18.2 Å². The predicted octanol–water partition coefficient (Wildman–Crippen LogP) is 3.20. The molecule has 26 heavy (non-hydrogen) atoms. The highest BCUT2D eigenvalue weighted by Gasteiger charge is 2.36. The molecular formula is C16H13F3N4O2S. The number of thioether (sulfide) groups is 1. The van der Waals surface area contributed by atoms with E-state index in [-0.39, 0.29) is 28.6 Å². The molecule has 0 atom stereocenters. The maximum absolute atomic E-state index is 13.5. The van der Waals surface area contributed by atoms with Crippen molar-refractivity contribution < 1.29 is 22.4 Å². The van der Waals surface area contributed by atoms with Crippen molar-refractivity contribution >= 4 is 23.3 Å². The Balaban J connectivity index is 1.87. The van der Waals surface area contributed by atoms with E-state index < -0.39 is 11.9 Å². The third-order valence-electron chi connectivity index (χ3n) is 4.06. The molecule has 6 nitrogen and oxygen atoms in total. The summed E-state index contributed by atoms with van der Waals surface area (Å²) in [5, 5.41) is 3.77. The van der Waals surface area contributed by atoms with Crippen LogP contribution in [0.4, 0.5) is 13.2 Å². The maximum Gasteiger partial charge on any atom is 0.433 e. The number of hydrogen-bond acceptors (Lipinski definition) is 5. The average molecular weight is 382 g/mol. The van der Waals surface area contributed by atoms with Crippen LogP contribution in [0.25, 0.3) is 17.1 Å². The number of nitrogens with zero attached hydrogens (tertiary/aromatic N) is 4.